The molecule has 7 nitrogen and oxygen atoms in total. The fraction of sp³-hybridized carbons (Fsp3) is 0.500. The van der Waals surface area contributed by atoms with E-state index in [0.717, 1.165) is 5.69 Å². The Morgan fingerprint density at radius 2 is 2.00 bits per heavy atom. The number of benzene rings is 1. The summed E-state index contributed by atoms with van der Waals surface area (Å²) in [6.45, 7) is 2.98. The van der Waals surface area contributed by atoms with Crippen LogP contribution >= 0.6 is 24.0 Å². The zero-order valence-corrected chi connectivity index (χ0v) is 17.2. The minimum absolute atomic E-state index is 0. The van der Waals surface area contributed by atoms with Crippen molar-refractivity contribution in [2.24, 2.45) is 4.99 Å². The number of ether oxygens (including phenoxy) is 2. The van der Waals surface area contributed by atoms with Gasteiger partial charge in [-0.1, -0.05) is 0 Å². The van der Waals surface area contributed by atoms with E-state index in [0.29, 0.717) is 37.0 Å². The first-order valence-corrected chi connectivity index (χ1v) is 7.50. The molecule has 8 heteroatoms. The number of rotatable bonds is 7. The number of aliphatic imine (C=N–C) groups is 1. The van der Waals surface area contributed by atoms with Gasteiger partial charge in [0.05, 0.1) is 13.7 Å². The molecular formula is C16H27IN4O3. The number of hydrogen-bond donors (Lipinski definition) is 2. The molecule has 136 valence electrons. The van der Waals surface area contributed by atoms with Crippen LogP contribution in [0.15, 0.2) is 23.2 Å². The lowest BCUT2D eigenvalue weighted by Crippen LogP contribution is -2.34. The molecule has 0 aliphatic carbocycles. The monoisotopic (exact) mass is 450 g/mol. The lowest BCUT2D eigenvalue weighted by Gasteiger charge is -2.15. The Balaban J connectivity index is 0.00000529. The highest BCUT2D eigenvalue weighted by molar-refractivity contribution is 14.0. The predicted octanol–water partition coefficient (Wildman–Crippen LogP) is 2.18. The summed E-state index contributed by atoms with van der Waals surface area (Å²) in [5, 5.41) is 6.26. The predicted molar refractivity (Wildman–Crippen MR) is 108 cm³/mol. The molecule has 0 bridgehead atoms. The highest BCUT2D eigenvalue weighted by Crippen LogP contribution is 2.30. The first-order chi connectivity index (χ1) is 11.0. The molecule has 0 heterocycles. The summed E-state index contributed by atoms with van der Waals surface area (Å²) in [5.41, 5.74) is 0.821. The number of methoxy groups -OCH3 is 1. The summed E-state index contributed by atoms with van der Waals surface area (Å²) in [4.78, 5) is 17.3. The van der Waals surface area contributed by atoms with Crippen molar-refractivity contribution in [2.75, 3.05) is 46.7 Å². The summed E-state index contributed by atoms with van der Waals surface area (Å²) < 4.78 is 10.8. The maximum absolute atomic E-state index is 11.6. The molecule has 0 fully saturated rings. The van der Waals surface area contributed by atoms with E-state index in [2.05, 4.69) is 15.6 Å². The van der Waals surface area contributed by atoms with E-state index >= 15 is 0 Å². The Morgan fingerprint density at radius 1 is 1.29 bits per heavy atom. The van der Waals surface area contributed by atoms with Crippen molar-refractivity contribution in [3.63, 3.8) is 0 Å². The van der Waals surface area contributed by atoms with Gasteiger partial charge in [-0.2, -0.15) is 0 Å². The molecule has 1 amide bonds. The van der Waals surface area contributed by atoms with Gasteiger partial charge < -0.3 is 25.0 Å². The lowest BCUT2D eigenvalue weighted by atomic mass is 10.2. The Labute approximate surface area is 160 Å². The summed E-state index contributed by atoms with van der Waals surface area (Å²) in [6.07, 6.45) is 0.403. The van der Waals surface area contributed by atoms with E-state index in [9.17, 15) is 4.79 Å². The largest absolute Gasteiger partial charge is 0.493 e. The van der Waals surface area contributed by atoms with Crippen molar-refractivity contribution >= 4 is 41.5 Å². The van der Waals surface area contributed by atoms with Gasteiger partial charge in [-0.05, 0) is 19.1 Å². The average Bonchev–Trinajstić information content (AvgIpc) is 2.54. The highest BCUT2D eigenvalue weighted by Gasteiger charge is 2.08. The first kappa shape index (κ1) is 22.3. The molecule has 0 atom stereocenters. The smallest absolute Gasteiger partial charge is 0.223 e. The molecule has 0 unspecified atom stereocenters. The van der Waals surface area contributed by atoms with Crippen LogP contribution in [0.5, 0.6) is 11.5 Å². The van der Waals surface area contributed by atoms with Gasteiger partial charge in [-0.3, -0.25) is 9.79 Å². The van der Waals surface area contributed by atoms with E-state index in [-0.39, 0.29) is 29.9 Å². The van der Waals surface area contributed by atoms with Crippen LogP contribution in [0.4, 0.5) is 5.69 Å². The van der Waals surface area contributed by atoms with E-state index in [1.165, 1.54) is 0 Å². The maximum atomic E-state index is 11.6. The molecule has 1 aromatic carbocycles. The SMILES string of the molecule is CCOc1cc(NC(=NC)NCCC(=O)N(C)C)ccc1OC.I. The number of guanidine groups is 1. The van der Waals surface area contributed by atoms with Crippen molar-refractivity contribution in [1.82, 2.24) is 10.2 Å². The molecule has 2 N–H and O–H groups in total. The van der Waals surface area contributed by atoms with Gasteiger partial charge in [0, 0.05) is 45.9 Å². The van der Waals surface area contributed by atoms with Gasteiger partial charge in [0.1, 0.15) is 0 Å². The van der Waals surface area contributed by atoms with Gasteiger partial charge in [0.2, 0.25) is 5.91 Å². The number of amides is 1. The van der Waals surface area contributed by atoms with Gasteiger partial charge in [-0.15, -0.1) is 24.0 Å². The number of nitrogens with one attached hydrogen (secondary N) is 2. The minimum atomic E-state index is 0. The van der Waals surface area contributed by atoms with Crippen molar-refractivity contribution in [1.29, 1.82) is 0 Å². The van der Waals surface area contributed by atoms with Crippen LogP contribution in [0.3, 0.4) is 0 Å². The van der Waals surface area contributed by atoms with Gasteiger partial charge in [0.25, 0.3) is 0 Å². The molecule has 0 aromatic heterocycles. The van der Waals surface area contributed by atoms with Gasteiger partial charge in [-0.25, -0.2) is 0 Å². The van der Waals surface area contributed by atoms with Gasteiger partial charge in [0.15, 0.2) is 17.5 Å². The average molecular weight is 450 g/mol. The number of hydrogen-bond acceptors (Lipinski definition) is 4. The molecule has 0 aliphatic rings. The van der Waals surface area contributed by atoms with Gasteiger partial charge >= 0.3 is 0 Å². The molecule has 0 radical (unpaired) electrons. The van der Waals surface area contributed by atoms with Crippen LogP contribution < -0.4 is 20.1 Å². The van der Waals surface area contributed by atoms with Crippen molar-refractivity contribution in [3.8, 4) is 11.5 Å². The normalized spacial score (nSPS) is 10.5. The highest BCUT2D eigenvalue weighted by atomic mass is 127. The third-order valence-corrected chi connectivity index (χ3v) is 3.08. The fourth-order valence-electron chi connectivity index (χ4n) is 1.85. The number of anilines is 1. The third kappa shape index (κ3) is 7.24. The minimum Gasteiger partial charge on any atom is -0.493 e. The lowest BCUT2D eigenvalue weighted by molar-refractivity contribution is -0.128. The molecule has 0 saturated heterocycles. The van der Waals surface area contributed by atoms with Crippen LogP contribution in [0, 0.1) is 0 Å². The molecule has 24 heavy (non-hydrogen) atoms. The number of halogens is 1. The standard InChI is InChI=1S/C16H26N4O3.HI/c1-6-23-14-11-12(7-8-13(14)22-5)19-16(17-2)18-10-9-15(21)20(3)4;/h7-8,11H,6,9-10H2,1-5H3,(H2,17,18,19);1H. The second kappa shape index (κ2) is 11.8. The second-order valence-corrected chi connectivity index (χ2v) is 4.96. The van der Waals surface area contributed by atoms with Crippen molar-refractivity contribution < 1.29 is 14.3 Å². The zero-order chi connectivity index (χ0) is 17.2. The zero-order valence-electron chi connectivity index (χ0n) is 14.9. The number of nitrogens with zero attached hydrogens (tertiary/aromatic N) is 2. The van der Waals surface area contributed by atoms with Crippen LogP contribution in [-0.2, 0) is 4.79 Å². The van der Waals surface area contributed by atoms with Crippen LogP contribution in [0.1, 0.15) is 13.3 Å². The Bertz CT molecular complexity index is 550. The quantitative estimate of drug-likeness (QED) is 0.379. The second-order valence-electron chi connectivity index (χ2n) is 4.96. The van der Waals surface area contributed by atoms with E-state index in [1.807, 2.05) is 25.1 Å². The van der Waals surface area contributed by atoms with E-state index < -0.39 is 0 Å². The molecule has 0 saturated carbocycles. The Morgan fingerprint density at radius 3 is 2.54 bits per heavy atom. The van der Waals surface area contributed by atoms with Crippen molar-refractivity contribution in [3.05, 3.63) is 18.2 Å². The molecule has 0 aliphatic heterocycles. The third-order valence-electron chi connectivity index (χ3n) is 3.08. The fourth-order valence-corrected chi connectivity index (χ4v) is 1.85. The van der Waals surface area contributed by atoms with Crippen LogP contribution in [0.2, 0.25) is 0 Å². The molecule has 1 rings (SSSR count). The van der Waals surface area contributed by atoms with Crippen LogP contribution in [-0.4, -0.2) is 58.2 Å². The van der Waals surface area contributed by atoms with Crippen LogP contribution in [0.25, 0.3) is 0 Å². The number of carbonyl (C=O) groups excluding carboxylic acids is 1. The van der Waals surface area contributed by atoms with E-state index in [1.54, 1.807) is 33.2 Å². The van der Waals surface area contributed by atoms with E-state index in [4.69, 9.17) is 9.47 Å². The maximum Gasteiger partial charge on any atom is 0.223 e. The Hall–Kier alpha value is -1.71. The summed E-state index contributed by atoms with van der Waals surface area (Å²) in [6, 6.07) is 5.55. The van der Waals surface area contributed by atoms with Crippen molar-refractivity contribution in [2.45, 2.75) is 13.3 Å². The topological polar surface area (TPSA) is 75.2 Å². The molecule has 1 aromatic rings. The summed E-state index contributed by atoms with van der Waals surface area (Å²) >= 11 is 0. The molecule has 0 spiro atoms. The first-order valence-electron chi connectivity index (χ1n) is 7.50. The molecular weight excluding hydrogens is 423 g/mol. The Kier molecular flexibility index (Phi) is 10.9. The summed E-state index contributed by atoms with van der Waals surface area (Å²) in [7, 11) is 6.76. The number of carbonyl (C=O) groups is 1. The summed E-state index contributed by atoms with van der Waals surface area (Å²) in [5.74, 6) is 2.00.